The van der Waals surface area contributed by atoms with Crippen LogP contribution in [0.3, 0.4) is 0 Å². The van der Waals surface area contributed by atoms with Crippen molar-refractivity contribution in [1.29, 1.82) is 0 Å². The number of fused-ring (bicyclic) bond motifs is 1. The summed E-state index contributed by atoms with van der Waals surface area (Å²) < 4.78 is 5.36. The van der Waals surface area contributed by atoms with Crippen LogP contribution in [-0.2, 0) is 0 Å². The topological polar surface area (TPSA) is 53.2 Å². The molecule has 1 aliphatic heterocycles. The number of piperidine rings is 1. The number of imidazole rings is 1. The number of likely N-dealkylation sites (tertiary alicyclic amines) is 1. The van der Waals surface area contributed by atoms with Crippen molar-refractivity contribution in [3.05, 3.63) is 47.5 Å². The Kier molecular flexibility index (Phi) is 5.64. The van der Waals surface area contributed by atoms with Gasteiger partial charge in [0.1, 0.15) is 11.6 Å². The molecule has 5 heteroatoms. The number of hydrogen-bond acceptors (Lipinski definition) is 4. The fourth-order valence-corrected chi connectivity index (χ4v) is 4.22. The van der Waals surface area contributed by atoms with Crippen LogP contribution in [0, 0.1) is 6.92 Å². The van der Waals surface area contributed by atoms with E-state index in [9.17, 15) is 0 Å². The number of nitrogens with zero attached hydrogens (tertiary/aromatic N) is 2. The van der Waals surface area contributed by atoms with E-state index in [1.807, 2.05) is 25.2 Å². The van der Waals surface area contributed by atoms with E-state index in [1.54, 1.807) is 7.11 Å². The van der Waals surface area contributed by atoms with E-state index in [4.69, 9.17) is 9.72 Å². The Balaban J connectivity index is 1.57. The van der Waals surface area contributed by atoms with Gasteiger partial charge in [0.15, 0.2) is 0 Å². The van der Waals surface area contributed by atoms with E-state index in [0.717, 1.165) is 41.3 Å². The van der Waals surface area contributed by atoms with Gasteiger partial charge in [-0.1, -0.05) is 18.2 Å². The standard InChI is InChI=1S/C23H30N4O/c1-16-13-19(17-7-10-27(11-8-17)12-9-24-2)15-21-22(16)26-23(25-21)18-5-4-6-20(14-18)28-3/h4-6,13-15,17,24H,7-12H2,1-3H3,(H,25,26). The minimum absolute atomic E-state index is 0.637. The van der Waals surface area contributed by atoms with Gasteiger partial charge < -0.3 is 19.9 Å². The molecule has 0 spiro atoms. The number of nitrogens with one attached hydrogen (secondary N) is 2. The molecule has 2 N–H and O–H groups in total. The molecule has 0 saturated carbocycles. The molecule has 1 aliphatic rings. The molecule has 1 aromatic heterocycles. The van der Waals surface area contributed by atoms with Crippen molar-refractivity contribution < 1.29 is 4.74 Å². The summed E-state index contributed by atoms with van der Waals surface area (Å²) in [6.45, 7) is 6.75. The molecule has 3 aromatic rings. The molecular formula is C23H30N4O. The van der Waals surface area contributed by atoms with E-state index in [2.05, 4.69) is 40.3 Å². The minimum Gasteiger partial charge on any atom is -0.497 e. The van der Waals surface area contributed by atoms with E-state index in [-0.39, 0.29) is 0 Å². The summed E-state index contributed by atoms with van der Waals surface area (Å²) in [4.78, 5) is 11.0. The highest BCUT2D eigenvalue weighted by atomic mass is 16.5. The van der Waals surface area contributed by atoms with Crippen LogP contribution in [0.2, 0.25) is 0 Å². The van der Waals surface area contributed by atoms with Gasteiger partial charge in [-0.3, -0.25) is 0 Å². The van der Waals surface area contributed by atoms with E-state index >= 15 is 0 Å². The fourth-order valence-electron chi connectivity index (χ4n) is 4.22. The number of methoxy groups -OCH3 is 1. The lowest BCUT2D eigenvalue weighted by atomic mass is 9.88. The van der Waals surface area contributed by atoms with Crippen molar-refractivity contribution in [2.24, 2.45) is 0 Å². The number of likely N-dealkylation sites (N-methyl/N-ethyl adjacent to an activating group) is 1. The van der Waals surface area contributed by atoms with Gasteiger partial charge in [0, 0.05) is 18.7 Å². The van der Waals surface area contributed by atoms with Gasteiger partial charge >= 0.3 is 0 Å². The molecule has 0 aliphatic carbocycles. The predicted molar refractivity (Wildman–Crippen MR) is 115 cm³/mol. The first-order valence-electron chi connectivity index (χ1n) is 10.2. The summed E-state index contributed by atoms with van der Waals surface area (Å²) in [6, 6.07) is 12.7. The molecular weight excluding hydrogens is 348 g/mol. The third kappa shape index (κ3) is 3.91. The van der Waals surface area contributed by atoms with Crippen LogP contribution in [0.5, 0.6) is 5.75 Å². The molecule has 5 nitrogen and oxygen atoms in total. The number of ether oxygens (including phenoxy) is 1. The molecule has 148 valence electrons. The Morgan fingerprint density at radius 3 is 2.79 bits per heavy atom. The maximum atomic E-state index is 5.36. The molecule has 0 bridgehead atoms. The lowest BCUT2D eigenvalue weighted by molar-refractivity contribution is 0.214. The van der Waals surface area contributed by atoms with Crippen LogP contribution in [0.25, 0.3) is 22.4 Å². The predicted octanol–water partition coefficient (Wildman–Crippen LogP) is 3.95. The van der Waals surface area contributed by atoms with Gasteiger partial charge in [0.2, 0.25) is 0 Å². The van der Waals surface area contributed by atoms with Crippen molar-refractivity contribution in [2.75, 3.05) is 40.3 Å². The molecule has 28 heavy (non-hydrogen) atoms. The SMILES string of the molecule is CNCCN1CCC(c2cc(C)c3nc(-c4cccc(OC)c4)[nH]c3c2)CC1. The molecule has 1 saturated heterocycles. The van der Waals surface area contributed by atoms with E-state index in [1.165, 1.54) is 37.1 Å². The number of aryl methyl sites for hydroxylation is 1. The number of H-pyrrole nitrogens is 1. The zero-order valence-corrected chi connectivity index (χ0v) is 17.1. The van der Waals surface area contributed by atoms with Gasteiger partial charge in [-0.2, -0.15) is 0 Å². The third-order valence-corrected chi connectivity index (χ3v) is 5.88. The average Bonchev–Trinajstić information content (AvgIpc) is 3.17. The van der Waals surface area contributed by atoms with Crippen LogP contribution in [0.15, 0.2) is 36.4 Å². The number of hydrogen-bond donors (Lipinski definition) is 2. The second-order valence-electron chi connectivity index (χ2n) is 7.77. The Bertz CT molecular complexity index is 941. The second-order valence-corrected chi connectivity index (χ2v) is 7.77. The first-order chi connectivity index (χ1) is 13.7. The fraction of sp³-hybridized carbons (Fsp3) is 0.435. The molecule has 0 unspecified atom stereocenters. The zero-order chi connectivity index (χ0) is 19.5. The Morgan fingerprint density at radius 1 is 1.21 bits per heavy atom. The van der Waals surface area contributed by atoms with Gasteiger partial charge in [-0.25, -0.2) is 4.98 Å². The van der Waals surface area contributed by atoms with Crippen molar-refractivity contribution in [3.8, 4) is 17.1 Å². The second kappa shape index (κ2) is 8.33. The number of rotatable bonds is 6. The Hall–Kier alpha value is -2.37. The highest BCUT2D eigenvalue weighted by molar-refractivity contribution is 5.83. The largest absolute Gasteiger partial charge is 0.497 e. The van der Waals surface area contributed by atoms with Crippen LogP contribution >= 0.6 is 0 Å². The molecule has 0 radical (unpaired) electrons. The zero-order valence-electron chi connectivity index (χ0n) is 17.1. The summed E-state index contributed by atoms with van der Waals surface area (Å²) in [5.41, 5.74) is 5.93. The lowest BCUT2D eigenvalue weighted by Crippen LogP contribution is -2.37. The first-order valence-corrected chi connectivity index (χ1v) is 10.2. The number of aromatic nitrogens is 2. The van der Waals surface area contributed by atoms with Crippen LogP contribution < -0.4 is 10.1 Å². The molecule has 0 atom stereocenters. The van der Waals surface area contributed by atoms with Gasteiger partial charge in [0.05, 0.1) is 18.1 Å². The summed E-state index contributed by atoms with van der Waals surface area (Å²) >= 11 is 0. The van der Waals surface area contributed by atoms with Gasteiger partial charge in [-0.05, 0) is 75.1 Å². The average molecular weight is 379 g/mol. The molecule has 4 rings (SSSR count). The van der Waals surface area contributed by atoms with Crippen LogP contribution in [-0.4, -0.2) is 55.2 Å². The highest BCUT2D eigenvalue weighted by Gasteiger charge is 2.21. The van der Waals surface area contributed by atoms with E-state index < -0.39 is 0 Å². The summed E-state index contributed by atoms with van der Waals surface area (Å²) in [7, 11) is 3.72. The molecule has 2 heterocycles. The molecule has 2 aromatic carbocycles. The quantitative estimate of drug-likeness (QED) is 0.682. The minimum atomic E-state index is 0.637. The summed E-state index contributed by atoms with van der Waals surface area (Å²) in [5.74, 6) is 2.38. The van der Waals surface area contributed by atoms with Crippen molar-refractivity contribution in [2.45, 2.75) is 25.7 Å². The third-order valence-electron chi connectivity index (χ3n) is 5.88. The van der Waals surface area contributed by atoms with Gasteiger partial charge in [-0.15, -0.1) is 0 Å². The van der Waals surface area contributed by atoms with Crippen molar-refractivity contribution in [1.82, 2.24) is 20.2 Å². The summed E-state index contributed by atoms with van der Waals surface area (Å²) in [5, 5.41) is 3.25. The maximum absolute atomic E-state index is 5.36. The Morgan fingerprint density at radius 2 is 2.04 bits per heavy atom. The lowest BCUT2D eigenvalue weighted by Gasteiger charge is -2.32. The van der Waals surface area contributed by atoms with Crippen molar-refractivity contribution in [3.63, 3.8) is 0 Å². The van der Waals surface area contributed by atoms with E-state index in [0.29, 0.717) is 5.92 Å². The first kappa shape index (κ1) is 19.0. The van der Waals surface area contributed by atoms with Gasteiger partial charge in [0.25, 0.3) is 0 Å². The summed E-state index contributed by atoms with van der Waals surface area (Å²) in [6.07, 6.45) is 2.46. The normalized spacial score (nSPS) is 16.0. The van der Waals surface area contributed by atoms with Crippen LogP contribution in [0.4, 0.5) is 0 Å². The van der Waals surface area contributed by atoms with Crippen LogP contribution in [0.1, 0.15) is 29.9 Å². The monoisotopic (exact) mass is 378 g/mol. The van der Waals surface area contributed by atoms with Crippen molar-refractivity contribution >= 4 is 11.0 Å². The molecule has 0 amide bonds. The highest BCUT2D eigenvalue weighted by Crippen LogP contribution is 2.32. The number of benzene rings is 2. The Labute approximate surface area is 167 Å². The smallest absolute Gasteiger partial charge is 0.138 e. The maximum Gasteiger partial charge on any atom is 0.138 e. The number of aromatic amines is 1. The molecule has 1 fully saturated rings.